The Labute approximate surface area is 173 Å². The molecule has 10 heteroatoms. The molecule has 0 aromatic heterocycles. The predicted octanol–water partition coefficient (Wildman–Crippen LogP) is 1.49. The summed E-state index contributed by atoms with van der Waals surface area (Å²) < 4.78 is 11.2. The highest BCUT2D eigenvalue weighted by Gasteiger charge is 2.41. The monoisotopic (exact) mass is 422 g/mol. The average molecular weight is 423 g/mol. The number of nitrogens with zero attached hydrogens (tertiary/aromatic N) is 2. The lowest BCUT2D eigenvalue weighted by Gasteiger charge is -2.28. The predicted molar refractivity (Wildman–Crippen MR) is 112 cm³/mol. The van der Waals surface area contributed by atoms with Gasteiger partial charge in [-0.25, -0.2) is 4.99 Å². The largest absolute Gasteiger partial charge is 0.491 e. The van der Waals surface area contributed by atoms with E-state index < -0.39 is 17.6 Å². The van der Waals surface area contributed by atoms with Crippen molar-refractivity contribution in [3.8, 4) is 0 Å². The van der Waals surface area contributed by atoms with Crippen molar-refractivity contribution in [2.45, 2.75) is 38.4 Å². The van der Waals surface area contributed by atoms with Crippen LogP contribution in [0.1, 0.15) is 26.7 Å². The van der Waals surface area contributed by atoms with Crippen molar-refractivity contribution >= 4 is 34.7 Å². The zero-order chi connectivity index (χ0) is 21.4. The Morgan fingerprint density at radius 3 is 3.03 bits per heavy atom. The first-order valence-electron chi connectivity index (χ1n) is 9.16. The summed E-state index contributed by atoms with van der Waals surface area (Å²) in [6.07, 6.45) is 5.24. The molecule has 158 valence electrons. The molecule has 0 saturated heterocycles. The maximum Gasteiger partial charge on any atom is 0.264 e. The normalized spacial score (nSPS) is 22.9. The summed E-state index contributed by atoms with van der Waals surface area (Å²) >= 11 is 1.25. The van der Waals surface area contributed by atoms with Crippen LogP contribution in [0.4, 0.5) is 0 Å². The van der Waals surface area contributed by atoms with Crippen molar-refractivity contribution in [2.24, 2.45) is 15.9 Å². The summed E-state index contributed by atoms with van der Waals surface area (Å²) in [5.41, 5.74) is 5.40. The molecule has 0 aromatic carbocycles. The number of aliphatic imine (C=N–C) groups is 1. The molecule has 2 heterocycles. The second kappa shape index (κ2) is 10.3. The van der Waals surface area contributed by atoms with E-state index in [1.165, 1.54) is 11.8 Å². The molecule has 0 unspecified atom stereocenters. The molecule has 2 aliphatic rings. The summed E-state index contributed by atoms with van der Waals surface area (Å²) in [5, 5.41) is 15.3. The number of nitrogens with two attached hydrogens (primary N) is 1. The zero-order valence-corrected chi connectivity index (χ0v) is 17.3. The minimum Gasteiger partial charge on any atom is -0.491 e. The van der Waals surface area contributed by atoms with E-state index in [-0.39, 0.29) is 19.0 Å². The molecule has 0 aliphatic carbocycles. The number of ether oxygens (including phenoxy) is 2. The number of hydrogen-bond acceptors (Lipinski definition) is 9. The van der Waals surface area contributed by atoms with Crippen LogP contribution in [0.25, 0.3) is 0 Å². The molecule has 1 amide bonds. The fourth-order valence-electron chi connectivity index (χ4n) is 2.70. The summed E-state index contributed by atoms with van der Waals surface area (Å²) in [7, 11) is 0. The van der Waals surface area contributed by atoms with Crippen LogP contribution < -0.4 is 11.1 Å². The Kier molecular flexibility index (Phi) is 8.03. The second-order valence-electron chi connectivity index (χ2n) is 6.57. The van der Waals surface area contributed by atoms with Gasteiger partial charge in [-0.3, -0.25) is 15.3 Å². The fourth-order valence-corrected chi connectivity index (χ4v) is 3.73. The number of carbonyl (C=O) groups is 2. The lowest BCUT2D eigenvalue weighted by atomic mass is 10.0. The Bertz CT molecular complexity index is 789. The number of carbonyl (C=O) groups excluding carboxylic acids is 2. The van der Waals surface area contributed by atoms with Crippen molar-refractivity contribution in [1.82, 2.24) is 5.32 Å². The van der Waals surface area contributed by atoms with Crippen LogP contribution >= 0.6 is 11.8 Å². The van der Waals surface area contributed by atoms with E-state index in [9.17, 15) is 9.59 Å². The standard InChI is InChI=1S/C19H26N4O5S/c1-4-6-14(16-8-15(27-7-5-2)13(9-24)10-28-16)21-18(25)19(20)11-29-17(22-19)12(3)23-26/h5,8-9,14,26H,2,4,6-7,10-11,20H2,1,3H3,(H,21,25)/b23-12+/t14-,19+/m1/s1. The molecule has 0 bridgehead atoms. The molecule has 0 radical (unpaired) electrons. The van der Waals surface area contributed by atoms with E-state index in [1.807, 2.05) is 6.92 Å². The molecule has 2 rings (SSSR count). The summed E-state index contributed by atoms with van der Waals surface area (Å²) in [5.74, 6) is 0.636. The van der Waals surface area contributed by atoms with Crippen LogP contribution in [0.2, 0.25) is 0 Å². The summed E-state index contributed by atoms with van der Waals surface area (Å²) in [6.45, 7) is 7.45. The fraction of sp³-hybridized carbons (Fsp3) is 0.474. The lowest BCUT2D eigenvalue weighted by molar-refractivity contribution is -0.126. The number of oxime groups is 1. The highest BCUT2D eigenvalue weighted by Crippen LogP contribution is 2.27. The third-order valence-electron chi connectivity index (χ3n) is 4.29. The number of hydrogen-bond donors (Lipinski definition) is 3. The lowest BCUT2D eigenvalue weighted by Crippen LogP contribution is -2.56. The van der Waals surface area contributed by atoms with E-state index in [2.05, 4.69) is 22.0 Å². The van der Waals surface area contributed by atoms with Crippen LogP contribution in [0.15, 0.2) is 46.0 Å². The molecule has 2 atom stereocenters. The average Bonchev–Trinajstić information content (AvgIpc) is 3.14. The van der Waals surface area contributed by atoms with Gasteiger partial charge >= 0.3 is 0 Å². The quantitative estimate of drug-likeness (QED) is 0.160. The number of nitrogens with one attached hydrogen (secondary N) is 1. The zero-order valence-electron chi connectivity index (χ0n) is 16.5. The minimum absolute atomic E-state index is 0.0516. The molecule has 0 aromatic rings. The summed E-state index contributed by atoms with van der Waals surface area (Å²) in [4.78, 5) is 28.3. The molecule has 2 aliphatic heterocycles. The van der Waals surface area contributed by atoms with Gasteiger partial charge in [-0.1, -0.05) is 31.2 Å². The first-order valence-corrected chi connectivity index (χ1v) is 10.1. The molecular weight excluding hydrogens is 396 g/mol. The highest BCUT2D eigenvalue weighted by atomic mass is 32.2. The van der Waals surface area contributed by atoms with Gasteiger partial charge in [0, 0.05) is 11.8 Å². The number of amides is 1. The maximum atomic E-state index is 12.9. The number of aldehydes is 1. The molecule has 0 fully saturated rings. The number of rotatable bonds is 10. The Balaban J connectivity index is 2.22. The number of thioether (sulfide) groups is 1. The van der Waals surface area contributed by atoms with Gasteiger partial charge in [0.05, 0.1) is 11.6 Å². The van der Waals surface area contributed by atoms with Gasteiger partial charge in [0.15, 0.2) is 11.9 Å². The minimum atomic E-state index is -1.47. The van der Waals surface area contributed by atoms with Crippen LogP contribution in [0.3, 0.4) is 0 Å². The van der Waals surface area contributed by atoms with Gasteiger partial charge in [0.2, 0.25) is 0 Å². The molecule has 0 saturated carbocycles. The van der Waals surface area contributed by atoms with Crippen LogP contribution in [0.5, 0.6) is 0 Å². The second-order valence-corrected chi connectivity index (χ2v) is 7.54. The smallest absolute Gasteiger partial charge is 0.264 e. The first kappa shape index (κ1) is 22.7. The van der Waals surface area contributed by atoms with Crippen molar-refractivity contribution < 1.29 is 24.3 Å². The Morgan fingerprint density at radius 2 is 2.41 bits per heavy atom. The maximum absolute atomic E-state index is 12.9. The molecule has 9 nitrogen and oxygen atoms in total. The van der Waals surface area contributed by atoms with E-state index in [4.69, 9.17) is 20.4 Å². The summed E-state index contributed by atoms with van der Waals surface area (Å²) in [6, 6.07) is -0.458. The molecule has 29 heavy (non-hydrogen) atoms. The highest BCUT2D eigenvalue weighted by molar-refractivity contribution is 8.16. The van der Waals surface area contributed by atoms with Gasteiger partial charge in [0.25, 0.3) is 5.91 Å². The van der Waals surface area contributed by atoms with Gasteiger partial charge in [-0.2, -0.15) is 0 Å². The third-order valence-corrected chi connectivity index (χ3v) is 5.54. The van der Waals surface area contributed by atoms with Gasteiger partial charge in [-0.05, 0) is 13.3 Å². The topological polar surface area (TPSA) is 136 Å². The Hall–Kier alpha value is -2.59. The van der Waals surface area contributed by atoms with Gasteiger partial charge in [-0.15, -0.1) is 11.8 Å². The van der Waals surface area contributed by atoms with Crippen LogP contribution in [-0.2, 0) is 19.1 Å². The SMILES string of the molecule is C=CCOC1=C(C=O)COC([C@@H](CCC)NC(=O)[C@]2(N)CSC(/C(C)=N/O)=N2)=C1. The molecule has 4 N–H and O–H groups in total. The van der Waals surface area contributed by atoms with Crippen molar-refractivity contribution in [1.29, 1.82) is 0 Å². The third kappa shape index (κ3) is 5.48. The van der Waals surface area contributed by atoms with Crippen molar-refractivity contribution in [3.63, 3.8) is 0 Å². The Morgan fingerprint density at radius 1 is 1.66 bits per heavy atom. The van der Waals surface area contributed by atoms with Crippen LogP contribution in [-0.4, -0.2) is 58.8 Å². The van der Waals surface area contributed by atoms with Gasteiger partial charge < -0.3 is 20.0 Å². The van der Waals surface area contributed by atoms with Gasteiger partial charge in [0.1, 0.15) is 35.5 Å². The van der Waals surface area contributed by atoms with Crippen LogP contribution in [0, 0.1) is 0 Å². The van der Waals surface area contributed by atoms with E-state index >= 15 is 0 Å². The van der Waals surface area contributed by atoms with Crippen molar-refractivity contribution in [2.75, 3.05) is 19.0 Å². The number of allylic oxidation sites excluding steroid dienone is 1. The van der Waals surface area contributed by atoms with E-state index in [0.29, 0.717) is 40.6 Å². The molecular formula is C19H26N4O5S. The van der Waals surface area contributed by atoms with Crippen molar-refractivity contribution in [3.05, 3.63) is 35.8 Å². The van der Waals surface area contributed by atoms with E-state index in [1.54, 1.807) is 19.1 Å². The van der Waals surface area contributed by atoms with E-state index in [0.717, 1.165) is 6.42 Å². The molecule has 0 spiro atoms. The first-order chi connectivity index (χ1) is 13.9.